The lowest BCUT2D eigenvalue weighted by molar-refractivity contribution is -0.132. The third kappa shape index (κ3) is 6.13. The Balaban J connectivity index is 1.63. The summed E-state index contributed by atoms with van der Waals surface area (Å²) in [6.07, 6.45) is 1.44. The zero-order chi connectivity index (χ0) is 24.5. The molecule has 1 heterocycles. The third-order valence-corrected chi connectivity index (χ3v) is 5.50. The average Bonchev–Trinajstić information content (AvgIpc) is 3.26. The second kappa shape index (κ2) is 11.8. The van der Waals surface area contributed by atoms with Crippen molar-refractivity contribution in [3.05, 3.63) is 48.0 Å². The summed E-state index contributed by atoms with van der Waals surface area (Å²) in [5.74, 6) is 0.829. The first-order valence-electron chi connectivity index (χ1n) is 10.3. The van der Waals surface area contributed by atoms with Gasteiger partial charge in [0.2, 0.25) is 5.75 Å². The summed E-state index contributed by atoms with van der Waals surface area (Å²) >= 11 is 1.28. The van der Waals surface area contributed by atoms with E-state index in [2.05, 4.69) is 20.7 Å². The van der Waals surface area contributed by atoms with Gasteiger partial charge in [-0.15, -0.1) is 10.2 Å². The van der Waals surface area contributed by atoms with Crippen molar-refractivity contribution in [1.82, 2.24) is 20.2 Å². The van der Waals surface area contributed by atoms with Gasteiger partial charge in [-0.3, -0.25) is 9.59 Å². The Morgan fingerprint density at radius 3 is 2.38 bits per heavy atom. The van der Waals surface area contributed by atoms with Gasteiger partial charge >= 0.3 is 5.97 Å². The number of nitrogens with zero attached hydrogens (tertiary/aromatic N) is 4. The monoisotopic (exact) mass is 483 g/mol. The number of amides is 1. The molecule has 1 N–H and O–H groups in total. The molecule has 0 bridgehead atoms. The van der Waals surface area contributed by atoms with E-state index in [4.69, 9.17) is 14.2 Å². The fourth-order valence-electron chi connectivity index (χ4n) is 3.04. The lowest BCUT2D eigenvalue weighted by atomic mass is 10.2. The Morgan fingerprint density at radius 1 is 1.12 bits per heavy atom. The van der Waals surface area contributed by atoms with E-state index in [1.54, 1.807) is 12.1 Å². The number of carbonyl (C=O) groups excluding carboxylic acids is 2. The van der Waals surface area contributed by atoms with E-state index in [1.807, 2.05) is 41.8 Å². The summed E-state index contributed by atoms with van der Waals surface area (Å²) in [5, 5.41) is 13.1. The normalized spacial score (nSPS) is 10.8. The van der Waals surface area contributed by atoms with Crippen LogP contribution >= 0.6 is 11.8 Å². The van der Waals surface area contributed by atoms with Gasteiger partial charge in [-0.05, 0) is 19.1 Å². The second-order valence-electron chi connectivity index (χ2n) is 6.85. The van der Waals surface area contributed by atoms with E-state index in [-0.39, 0.29) is 17.4 Å². The largest absolute Gasteiger partial charge is 0.493 e. The van der Waals surface area contributed by atoms with Crippen LogP contribution in [-0.2, 0) is 16.1 Å². The van der Waals surface area contributed by atoms with Gasteiger partial charge in [0.05, 0.1) is 26.2 Å². The molecule has 34 heavy (non-hydrogen) atoms. The van der Waals surface area contributed by atoms with E-state index in [0.717, 1.165) is 11.4 Å². The van der Waals surface area contributed by atoms with Crippen LogP contribution in [0.1, 0.15) is 19.4 Å². The van der Waals surface area contributed by atoms with Crippen LogP contribution in [0.3, 0.4) is 0 Å². The summed E-state index contributed by atoms with van der Waals surface area (Å²) < 4.78 is 17.7. The first-order chi connectivity index (χ1) is 16.5. The predicted molar refractivity (Wildman–Crippen MR) is 128 cm³/mol. The van der Waals surface area contributed by atoms with Crippen molar-refractivity contribution in [3.63, 3.8) is 0 Å². The Bertz CT molecular complexity index is 1150. The lowest BCUT2D eigenvalue weighted by Crippen LogP contribution is -2.20. The minimum Gasteiger partial charge on any atom is -0.493 e. The van der Waals surface area contributed by atoms with Gasteiger partial charge in [-0.2, -0.15) is 5.10 Å². The van der Waals surface area contributed by atoms with Gasteiger partial charge in [0.1, 0.15) is 0 Å². The molecule has 0 atom stereocenters. The van der Waals surface area contributed by atoms with Crippen molar-refractivity contribution in [3.8, 4) is 28.6 Å². The van der Waals surface area contributed by atoms with E-state index >= 15 is 0 Å². The van der Waals surface area contributed by atoms with Gasteiger partial charge in [0.25, 0.3) is 5.91 Å². The SMILES string of the molecule is CCn1c(SCC(=O)N/N=C/c2cc(OC)c(OC(C)=O)c(OC)c2)nnc1-c1ccccc1. The number of hydrogen-bond donors (Lipinski definition) is 1. The Hall–Kier alpha value is -3.86. The summed E-state index contributed by atoms with van der Waals surface area (Å²) in [6.45, 7) is 3.96. The number of nitrogens with one attached hydrogen (secondary N) is 1. The molecule has 0 saturated carbocycles. The van der Waals surface area contributed by atoms with Crippen LogP contribution in [0.25, 0.3) is 11.4 Å². The molecule has 0 unspecified atom stereocenters. The molecular weight excluding hydrogens is 458 g/mol. The van der Waals surface area contributed by atoms with Crippen LogP contribution < -0.4 is 19.6 Å². The van der Waals surface area contributed by atoms with Crippen LogP contribution in [0.5, 0.6) is 17.2 Å². The molecule has 0 spiro atoms. The first kappa shape index (κ1) is 24.8. The first-order valence-corrected chi connectivity index (χ1v) is 11.3. The maximum absolute atomic E-state index is 12.3. The second-order valence-corrected chi connectivity index (χ2v) is 7.79. The van der Waals surface area contributed by atoms with Gasteiger partial charge < -0.3 is 18.8 Å². The average molecular weight is 484 g/mol. The van der Waals surface area contributed by atoms with Crippen molar-refractivity contribution in [2.45, 2.75) is 25.5 Å². The van der Waals surface area contributed by atoms with E-state index in [9.17, 15) is 9.59 Å². The number of aromatic nitrogens is 3. The number of ether oxygens (including phenoxy) is 3. The van der Waals surface area contributed by atoms with Crippen molar-refractivity contribution >= 4 is 29.9 Å². The minimum atomic E-state index is -0.502. The van der Waals surface area contributed by atoms with Gasteiger partial charge in [0, 0.05) is 24.6 Å². The topological polar surface area (TPSA) is 117 Å². The van der Waals surface area contributed by atoms with Crippen molar-refractivity contribution in [2.24, 2.45) is 5.10 Å². The van der Waals surface area contributed by atoms with Crippen LogP contribution in [0.15, 0.2) is 52.7 Å². The molecule has 3 rings (SSSR count). The van der Waals surface area contributed by atoms with Gasteiger partial charge in [0.15, 0.2) is 22.5 Å². The zero-order valence-corrected chi connectivity index (χ0v) is 20.1. The van der Waals surface area contributed by atoms with E-state index in [0.29, 0.717) is 28.8 Å². The maximum Gasteiger partial charge on any atom is 0.308 e. The van der Waals surface area contributed by atoms with Crippen molar-refractivity contribution in [2.75, 3.05) is 20.0 Å². The van der Waals surface area contributed by atoms with Crippen molar-refractivity contribution in [1.29, 1.82) is 0 Å². The molecule has 0 aliphatic rings. The van der Waals surface area contributed by atoms with E-state index in [1.165, 1.54) is 39.1 Å². The van der Waals surface area contributed by atoms with Crippen LogP contribution in [0.4, 0.5) is 0 Å². The van der Waals surface area contributed by atoms with Crippen molar-refractivity contribution < 1.29 is 23.8 Å². The fraction of sp³-hybridized carbons (Fsp3) is 0.261. The van der Waals surface area contributed by atoms with E-state index < -0.39 is 5.97 Å². The zero-order valence-electron chi connectivity index (χ0n) is 19.3. The summed E-state index contributed by atoms with van der Waals surface area (Å²) in [7, 11) is 2.89. The Labute approximate surface area is 201 Å². The van der Waals surface area contributed by atoms with Crippen LogP contribution in [-0.4, -0.2) is 52.8 Å². The predicted octanol–water partition coefficient (Wildman–Crippen LogP) is 3.15. The van der Waals surface area contributed by atoms with Gasteiger partial charge in [-0.25, -0.2) is 5.43 Å². The molecule has 178 valence electrons. The number of benzene rings is 2. The molecule has 2 aromatic carbocycles. The van der Waals surface area contributed by atoms with Gasteiger partial charge in [-0.1, -0.05) is 42.1 Å². The molecule has 11 heteroatoms. The number of rotatable bonds is 10. The molecule has 1 amide bonds. The maximum atomic E-state index is 12.3. The standard InChI is InChI=1S/C23H25N5O5S/c1-5-28-22(17-9-7-6-8-10-17)26-27-23(28)34-14-20(30)25-24-13-16-11-18(31-3)21(33-15(2)29)19(12-16)32-4/h6-13H,5,14H2,1-4H3,(H,25,30)/b24-13+. The molecule has 3 aromatic rings. The summed E-state index contributed by atoms with van der Waals surface area (Å²) in [5.41, 5.74) is 4.03. The van der Waals surface area contributed by atoms with Crippen LogP contribution in [0.2, 0.25) is 0 Å². The third-order valence-electron chi connectivity index (χ3n) is 4.53. The molecular formula is C23H25N5O5S. The highest BCUT2D eigenvalue weighted by Gasteiger charge is 2.16. The highest BCUT2D eigenvalue weighted by atomic mass is 32.2. The Morgan fingerprint density at radius 2 is 1.79 bits per heavy atom. The molecule has 0 aliphatic carbocycles. The highest BCUT2D eigenvalue weighted by Crippen LogP contribution is 2.38. The number of carbonyl (C=O) groups is 2. The van der Waals surface area contributed by atoms with Crippen LogP contribution in [0, 0.1) is 0 Å². The summed E-state index contributed by atoms with van der Waals surface area (Å²) in [4.78, 5) is 23.6. The lowest BCUT2D eigenvalue weighted by Gasteiger charge is -2.13. The molecule has 0 saturated heterocycles. The molecule has 1 aromatic heterocycles. The molecule has 0 fully saturated rings. The summed E-state index contributed by atoms with van der Waals surface area (Å²) in [6, 6.07) is 13.0. The minimum absolute atomic E-state index is 0.113. The number of hydrogen-bond acceptors (Lipinski definition) is 9. The highest BCUT2D eigenvalue weighted by molar-refractivity contribution is 7.99. The number of esters is 1. The number of hydrazone groups is 1. The molecule has 0 aliphatic heterocycles. The molecule has 0 radical (unpaired) electrons. The Kier molecular flexibility index (Phi) is 8.63. The number of thioether (sulfide) groups is 1. The quantitative estimate of drug-likeness (QED) is 0.154. The fourth-order valence-corrected chi connectivity index (χ4v) is 3.84. The molecule has 10 nitrogen and oxygen atoms in total. The number of methoxy groups -OCH3 is 2. The smallest absolute Gasteiger partial charge is 0.308 e.